The van der Waals surface area contributed by atoms with Crippen molar-refractivity contribution in [3.8, 4) is 6.07 Å². The van der Waals surface area contributed by atoms with E-state index in [1.807, 2.05) is 6.07 Å². The SMILES string of the molecule is COC(=O)C1=C(C(=O)OC)SC(C#N)C1. The molecule has 0 aromatic carbocycles. The molecule has 0 aromatic heterocycles. The molecule has 0 aliphatic carbocycles. The molecule has 0 saturated heterocycles. The molecule has 0 aromatic rings. The highest BCUT2D eigenvalue weighted by Gasteiger charge is 2.34. The molecule has 0 spiro atoms. The Morgan fingerprint density at radius 2 is 2.00 bits per heavy atom. The summed E-state index contributed by atoms with van der Waals surface area (Å²) in [7, 11) is 2.46. The summed E-state index contributed by atoms with van der Waals surface area (Å²) >= 11 is 1.04. The largest absolute Gasteiger partial charge is 0.466 e. The van der Waals surface area contributed by atoms with E-state index in [0.717, 1.165) is 11.8 Å². The average molecular weight is 227 g/mol. The molecule has 0 fully saturated rings. The van der Waals surface area contributed by atoms with Gasteiger partial charge in [-0.1, -0.05) is 11.8 Å². The molecular weight excluding hydrogens is 218 g/mol. The third-order valence-electron chi connectivity index (χ3n) is 1.87. The number of thioether (sulfide) groups is 1. The minimum absolute atomic E-state index is 0.177. The van der Waals surface area contributed by atoms with E-state index in [2.05, 4.69) is 9.47 Å². The van der Waals surface area contributed by atoms with E-state index in [9.17, 15) is 9.59 Å². The Bertz CT molecular complexity index is 341. The fourth-order valence-electron chi connectivity index (χ4n) is 1.17. The van der Waals surface area contributed by atoms with E-state index >= 15 is 0 Å². The van der Waals surface area contributed by atoms with Gasteiger partial charge in [0.2, 0.25) is 0 Å². The summed E-state index contributed by atoms with van der Waals surface area (Å²) in [5.74, 6) is -1.18. The van der Waals surface area contributed by atoms with Crippen molar-refractivity contribution in [2.45, 2.75) is 11.7 Å². The molecule has 0 N–H and O–H groups in total. The van der Waals surface area contributed by atoms with Gasteiger partial charge in [-0.2, -0.15) is 5.26 Å². The van der Waals surface area contributed by atoms with E-state index in [4.69, 9.17) is 5.26 Å². The second-order valence-corrected chi connectivity index (χ2v) is 3.94. The molecule has 0 amide bonds. The maximum atomic E-state index is 11.3. The molecule has 1 atom stereocenters. The van der Waals surface area contributed by atoms with Crippen LogP contribution in [0.1, 0.15) is 6.42 Å². The summed E-state index contributed by atoms with van der Waals surface area (Å²) < 4.78 is 9.04. The number of hydrogen-bond acceptors (Lipinski definition) is 6. The summed E-state index contributed by atoms with van der Waals surface area (Å²) in [5, 5.41) is 8.29. The highest BCUT2D eigenvalue weighted by molar-refractivity contribution is 8.05. The smallest absolute Gasteiger partial charge is 0.344 e. The Hall–Kier alpha value is -1.48. The van der Waals surface area contributed by atoms with Crippen LogP contribution in [-0.4, -0.2) is 31.4 Å². The van der Waals surface area contributed by atoms with Crippen molar-refractivity contribution in [3.63, 3.8) is 0 Å². The number of hydrogen-bond donors (Lipinski definition) is 0. The predicted octanol–water partition coefficient (Wildman–Crippen LogP) is 0.616. The van der Waals surface area contributed by atoms with Crippen molar-refractivity contribution in [1.82, 2.24) is 0 Å². The van der Waals surface area contributed by atoms with Crippen LogP contribution in [0.5, 0.6) is 0 Å². The van der Waals surface area contributed by atoms with Gasteiger partial charge in [0, 0.05) is 6.42 Å². The van der Waals surface area contributed by atoms with E-state index in [1.165, 1.54) is 14.2 Å². The summed E-state index contributed by atoms with van der Waals surface area (Å²) in [5.41, 5.74) is 0.223. The Balaban J connectivity index is 2.98. The van der Waals surface area contributed by atoms with Crippen LogP contribution in [0.15, 0.2) is 10.5 Å². The minimum atomic E-state index is -0.599. The summed E-state index contributed by atoms with van der Waals surface area (Å²) in [6, 6.07) is 1.99. The van der Waals surface area contributed by atoms with Gasteiger partial charge >= 0.3 is 11.9 Å². The lowest BCUT2D eigenvalue weighted by atomic mass is 10.1. The zero-order chi connectivity index (χ0) is 11.4. The van der Waals surface area contributed by atoms with Crippen molar-refractivity contribution >= 4 is 23.7 Å². The van der Waals surface area contributed by atoms with Crippen molar-refractivity contribution in [3.05, 3.63) is 10.5 Å². The van der Waals surface area contributed by atoms with Gasteiger partial charge in [0.05, 0.1) is 25.9 Å². The first-order valence-electron chi connectivity index (χ1n) is 4.10. The second kappa shape index (κ2) is 4.84. The fourth-order valence-corrected chi connectivity index (χ4v) is 2.24. The first-order chi connectivity index (χ1) is 7.13. The lowest BCUT2D eigenvalue weighted by Gasteiger charge is -2.01. The maximum Gasteiger partial charge on any atom is 0.344 e. The van der Waals surface area contributed by atoms with Crippen molar-refractivity contribution in [2.75, 3.05) is 14.2 Å². The molecule has 15 heavy (non-hydrogen) atoms. The Labute approximate surface area is 91.0 Å². The van der Waals surface area contributed by atoms with Crippen LogP contribution >= 0.6 is 11.8 Å². The van der Waals surface area contributed by atoms with Crippen LogP contribution in [0.3, 0.4) is 0 Å². The summed E-state index contributed by atoms with van der Waals surface area (Å²) in [6.45, 7) is 0. The number of esters is 2. The normalized spacial score (nSPS) is 19.7. The Morgan fingerprint density at radius 3 is 2.47 bits per heavy atom. The first-order valence-corrected chi connectivity index (χ1v) is 4.98. The number of carbonyl (C=O) groups excluding carboxylic acids is 2. The van der Waals surface area contributed by atoms with Gasteiger partial charge in [0.1, 0.15) is 10.2 Å². The lowest BCUT2D eigenvalue weighted by Crippen LogP contribution is -2.09. The zero-order valence-electron chi connectivity index (χ0n) is 8.27. The fraction of sp³-hybridized carbons (Fsp3) is 0.444. The van der Waals surface area contributed by atoms with Crippen molar-refractivity contribution in [1.29, 1.82) is 5.26 Å². The first kappa shape index (κ1) is 11.6. The van der Waals surface area contributed by atoms with Gasteiger partial charge in [0.15, 0.2) is 0 Å². The molecule has 1 heterocycles. The second-order valence-electron chi connectivity index (χ2n) is 2.73. The van der Waals surface area contributed by atoms with Gasteiger partial charge in [-0.05, 0) is 0 Å². The maximum absolute atomic E-state index is 11.3. The Kier molecular flexibility index (Phi) is 3.74. The van der Waals surface area contributed by atoms with Gasteiger partial charge < -0.3 is 9.47 Å². The molecule has 0 radical (unpaired) electrons. The topological polar surface area (TPSA) is 76.4 Å². The quantitative estimate of drug-likeness (QED) is 0.643. The molecular formula is C9H9NO4S. The molecule has 6 heteroatoms. The number of carbonyl (C=O) groups is 2. The average Bonchev–Trinajstić information content (AvgIpc) is 2.70. The van der Waals surface area contributed by atoms with Gasteiger partial charge in [-0.25, -0.2) is 9.59 Å². The molecule has 1 unspecified atom stereocenters. The number of nitrogens with zero attached hydrogens (tertiary/aromatic N) is 1. The molecule has 5 nitrogen and oxygen atoms in total. The van der Waals surface area contributed by atoms with Crippen molar-refractivity contribution < 1.29 is 19.1 Å². The zero-order valence-corrected chi connectivity index (χ0v) is 9.09. The van der Waals surface area contributed by atoms with Gasteiger partial charge in [-0.15, -0.1) is 0 Å². The van der Waals surface area contributed by atoms with Crippen LogP contribution in [0.2, 0.25) is 0 Å². The molecule has 0 saturated carbocycles. The van der Waals surface area contributed by atoms with E-state index < -0.39 is 17.2 Å². The number of nitriles is 1. The molecule has 80 valence electrons. The lowest BCUT2D eigenvalue weighted by molar-refractivity contribution is -0.138. The predicted molar refractivity (Wildman–Crippen MR) is 52.7 cm³/mol. The molecule has 1 aliphatic rings. The molecule has 1 aliphatic heterocycles. The van der Waals surface area contributed by atoms with Crippen LogP contribution in [0.25, 0.3) is 0 Å². The summed E-state index contributed by atoms with van der Waals surface area (Å²) in [4.78, 5) is 22.8. The summed E-state index contributed by atoms with van der Waals surface area (Å²) in [6.07, 6.45) is 0.221. The van der Waals surface area contributed by atoms with E-state index in [-0.39, 0.29) is 16.9 Å². The van der Waals surface area contributed by atoms with Crippen LogP contribution in [0.4, 0.5) is 0 Å². The molecule has 1 rings (SSSR count). The van der Waals surface area contributed by atoms with Crippen LogP contribution in [-0.2, 0) is 19.1 Å². The highest BCUT2D eigenvalue weighted by Crippen LogP contribution is 2.38. The monoisotopic (exact) mass is 227 g/mol. The number of methoxy groups -OCH3 is 2. The van der Waals surface area contributed by atoms with Crippen LogP contribution in [0, 0.1) is 11.3 Å². The number of rotatable bonds is 2. The standard InChI is InChI=1S/C9H9NO4S/c1-13-8(11)6-3-5(4-10)15-7(6)9(12)14-2/h5H,3H2,1-2H3. The highest BCUT2D eigenvalue weighted by atomic mass is 32.2. The van der Waals surface area contributed by atoms with E-state index in [0.29, 0.717) is 0 Å². The van der Waals surface area contributed by atoms with E-state index in [1.54, 1.807) is 0 Å². The van der Waals surface area contributed by atoms with Gasteiger partial charge in [0.25, 0.3) is 0 Å². The minimum Gasteiger partial charge on any atom is -0.466 e. The molecule has 0 bridgehead atoms. The Morgan fingerprint density at radius 1 is 1.40 bits per heavy atom. The third kappa shape index (κ3) is 2.30. The van der Waals surface area contributed by atoms with Crippen molar-refractivity contribution in [2.24, 2.45) is 0 Å². The third-order valence-corrected chi connectivity index (χ3v) is 3.08. The van der Waals surface area contributed by atoms with Gasteiger partial charge in [-0.3, -0.25) is 0 Å². The van der Waals surface area contributed by atoms with Crippen LogP contribution < -0.4 is 0 Å². The number of ether oxygens (including phenoxy) is 2.